The molecule has 1 aliphatic carbocycles. The Morgan fingerprint density at radius 3 is 2.95 bits per heavy atom. The molecule has 1 aromatic carbocycles. The minimum Gasteiger partial charge on any atom is -0.304 e. The molecule has 1 unspecified atom stereocenters. The largest absolute Gasteiger partial charge is 0.304 e. The van der Waals surface area contributed by atoms with Crippen molar-refractivity contribution in [2.24, 2.45) is 0 Å². The van der Waals surface area contributed by atoms with Crippen molar-refractivity contribution in [3.8, 4) is 0 Å². The molecule has 1 fully saturated rings. The molecule has 2 aromatic rings. The van der Waals surface area contributed by atoms with Crippen molar-refractivity contribution in [3.05, 3.63) is 47.5 Å². The van der Waals surface area contributed by atoms with Crippen molar-refractivity contribution in [2.45, 2.75) is 38.1 Å². The number of hydrogen-bond donors (Lipinski definition) is 2. The zero-order chi connectivity index (χ0) is 13.1. The van der Waals surface area contributed by atoms with Crippen LogP contribution in [0.3, 0.4) is 0 Å². The van der Waals surface area contributed by atoms with E-state index in [1.54, 1.807) is 6.33 Å². The second-order valence-electron chi connectivity index (χ2n) is 5.16. The Kier molecular flexibility index (Phi) is 3.60. The first-order valence-electron chi connectivity index (χ1n) is 7.07. The van der Waals surface area contributed by atoms with Crippen molar-refractivity contribution < 1.29 is 0 Å². The summed E-state index contributed by atoms with van der Waals surface area (Å²) in [5, 5.41) is 10.4. The monoisotopic (exact) mass is 256 g/mol. The second kappa shape index (κ2) is 5.53. The van der Waals surface area contributed by atoms with Gasteiger partial charge in [0.2, 0.25) is 0 Å². The highest BCUT2D eigenvalue weighted by molar-refractivity contribution is 5.32. The van der Waals surface area contributed by atoms with Crippen LogP contribution in [-0.2, 0) is 0 Å². The molecule has 3 rings (SSSR count). The Bertz CT molecular complexity index is 517. The van der Waals surface area contributed by atoms with Crippen LogP contribution < -0.4 is 5.32 Å². The molecule has 4 nitrogen and oxygen atoms in total. The van der Waals surface area contributed by atoms with Gasteiger partial charge in [0, 0.05) is 0 Å². The molecule has 1 atom stereocenters. The zero-order valence-corrected chi connectivity index (χ0v) is 11.3. The lowest BCUT2D eigenvalue weighted by Crippen LogP contribution is -2.23. The van der Waals surface area contributed by atoms with E-state index in [2.05, 4.69) is 51.7 Å². The number of benzene rings is 1. The molecule has 0 radical (unpaired) electrons. The number of nitrogens with zero attached hydrogens (tertiary/aromatic N) is 2. The Morgan fingerprint density at radius 2 is 2.32 bits per heavy atom. The fourth-order valence-electron chi connectivity index (χ4n) is 2.66. The Hall–Kier alpha value is -1.68. The number of aromatic amines is 1. The first kappa shape index (κ1) is 12.4. The summed E-state index contributed by atoms with van der Waals surface area (Å²) in [4.78, 5) is 4.29. The third-order valence-electron chi connectivity index (χ3n) is 3.94. The second-order valence-corrected chi connectivity index (χ2v) is 5.16. The van der Waals surface area contributed by atoms with Crippen LogP contribution in [0.4, 0.5) is 0 Å². The summed E-state index contributed by atoms with van der Waals surface area (Å²) >= 11 is 0. The molecule has 0 spiro atoms. The predicted molar refractivity (Wildman–Crippen MR) is 74.9 cm³/mol. The highest BCUT2D eigenvalue weighted by Crippen LogP contribution is 2.37. The van der Waals surface area contributed by atoms with Crippen molar-refractivity contribution in [2.75, 3.05) is 6.54 Å². The maximum atomic E-state index is 4.29. The average molecular weight is 256 g/mol. The molecule has 1 aromatic heterocycles. The minimum atomic E-state index is 0.104. The van der Waals surface area contributed by atoms with Crippen LogP contribution in [-0.4, -0.2) is 21.7 Å². The summed E-state index contributed by atoms with van der Waals surface area (Å²) in [5.74, 6) is 1.64. The van der Waals surface area contributed by atoms with Gasteiger partial charge in [-0.2, -0.15) is 5.10 Å². The van der Waals surface area contributed by atoms with E-state index in [1.165, 1.54) is 30.4 Å². The van der Waals surface area contributed by atoms with Crippen LogP contribution >= 0.6 is 0 Å². The number of nitrogens with one attached hydrogen (secondary N) is 2. The minimum absolute atomic E-state index is 0.104. The van der Waals surface area contributed by atoms with Gasteiger partial charge in [-0.3, -0.25) is 5.10 Å². The average Bonchev–Trinajstić information content (AvgIpc) is 2.88. The highest BCUT2D eigenvalue weighted by atomic mass is 15.2. The number of aromatic nitrogens is 3. The lowest BCUT2D eigenvalue weighted by molar-refractivity contribution is 0.419. The van der Waals surface area contributed by atoms with E-state index < -0.39 is 0 Å². The van der Waals surface area contributed by atoms with Crippen LogP contribution in [0.1, 0.15) is 55.1 Å². The fraction of sp³-hybridized carbons (Fsp3) is 0.467. The van der Waals surface area contributed by atoms with E-state index in [0.29, 0.717) is 0 Å². The van der Waals surface area contributed by atoms with Crippen molar-refractivity contribution in [1.29, 1.82) is 0 Å². The molecule has 0 aliphatic heterocycles. The quantitative estimate of drug-likeness (QED) is 0.865. The zero-order valence-electron chi connectivity index (χ0n) is 11.3. The third kappa shape index (κ3) is 2.54. The Balaban J connectivity index is 1.89. The topological polar surface area (TPSA) is 53.6 Å². The lowest BCUT2D eigenvalue weighted by atomic mass is 9.79. The van der Waals surface area contributed by atoms with Gasteiger partial charge < -0.3 is 5.32 Å². The van der Waals surface area contributed by atoms with Crippen LogP contribution in [0, 0.1) is 0 Å². The van der Waals surface area contributed by atoms with Crippen molar-refractivity contribution >= 4 is 0 Å². The van der Waals surface area contributed by atoms with Crippen LogP contribution in [0.15, 0.2) is 30.6 Å². The van der Waals surface area contributed by atoms with Gasteiger partial charge in [-0.15, -0.1) is 0 Å². The molecular weight excluding hydrogens is 236 g/mol. The molecule has 1 saturated carbocycles. The summed E-state index contributed by atoms with van der Waals surface area (Å²) in [7, 11) is 0. The van der Waals surface area contributed by atoms with Gasteiger partial charge in [-0.1, -0.05) is 37.6 Å². The number of hydrogen-bond acceptors (Lipinski definition) is 3. The van der Waals surface area contributed by atoms with Crippen molar-refractivity contribution in [1.82, 2.24) is 20.5 Å². The summed E-state index contributed by atoms with van der Waals surface area (Å²) < 4.78 is 0. The van der Waals surface area contributed by atoms with Crippen LogP contribution in [0.2, 0.25) is 0 Å². The molecule has 0 amide bonds. The first-order valence-corrected chi connectivity index (χ1v) is 7.07. The maximum absolute atomic E-state index is 4.29. The fourth-order valence-corrected chi connectivity index (χ4v) is 2.66. The highest BCUT2D eigenvalue weighted by Gasteiger charge is 2.21. The first-order chi connectivity index (χ1) is 9.38. The molecule has 0 bridgehead atoms. The molecule has 1 aliphatic rings. The smallest absolute Gasteiger partial charge is 0.145 e. The SMILES string of the molecule is CCNC(c1cccc(C2CCC2)c1)c1ncn[nH]1. The predicted octanol–water partition coefficient (Wildman–Crippen LogP) is 2.77. The van der Waals surface area contributed by atoms with E-state index in [9.17, 15) is 0 Å². The molecule has 1 heterocycles. The van der Waals surface area contributed by atoms with Crippen LogP contribution in [0.25, 0.3) is 0 Å². The van der Waals surface area contributed by atoms with Gasteiger partial charge in [0.25, 0.3) is 0 Å². The Morgan fingerprint density at radius 1 is 1.42 bits per heavy atom. The van der Waals surface area contributed by atoms with Crippen LogP contribution in [0.5, 0.6) is 0 Å². The van der Waals surface area contributed by atoms with E-state index in [4.69, 9.17) is 0 Å². The van der Waals surface area contributed by atoms with Gasteiger partial charge in [-0.25, -0.2) is 4.98 Å². The van der Waals surface area contributed by atoms with Gasteiger partial charge >= 0.3 is 0 Å². The number of H-pyrrole nitrogens is 1. The summed E-state index contributed by atoms with van der Waals surface area (Å²) in [6.45, 7) is 3.01. The standard InChI is InChI=1S/C15H20N4/c1-2-16-14(15-17-10-18-19-15)13-8-4-7-12(9-13)11-5-3-6-11/h4,7-11,14,16H,2-3,5-6H2,1H3,(H,17,18,19). The summed E-state index contributed by atoms with van der Waals surface area (Å²) in [6.07, 6.45) is 5.60. The normalized spacial score (nSPS) is 17.1. The molecular formula is C15H20N4. The van der Waals surface area contributed by atoms with Gasteiger partial charge in [0.1, 0.15) is 12.2 Å². The molecule has 2 N–H and O–H groups in total. The summed E-state index contributed by atoms with van der Waals surface area (Å²) in [5.41, 5.74) is 2.73. The van der Waals surface area contributed by atoms with Gasteiger partial charge in [-0.05, 0) is 36.4 Å². The molecule has 100 valence electrons. The number of rotatable bonds is 5. The van der Waals surface area contributed by atoms with Gasteiger partial charge in [0.05, 0.1) is 6.04 Å². The third-order valence-corrected chi connectivity index (χ3v) is 3.94. The molecule has 4 heteroatoms. The molecule has 0 saturated heterocycles. The van der Waals surface area contributed by atoms with Gasteiger partial charge in [0.15, 0.2) is 0 Å². The molecule has 19 heavy (non-hydrogen) atoms. The van der Waals surface area contributed by atoms with E-state index >= 15 is 0 Å². The summed E-state index contributed by atoms with van der Waals surface area (Å²) in [6, 6.07) is 8.99. The maximum Gasteiger partial charge on any atom is 0.145 e. The van der Waals surface area contributed by atoms with E-state index in [0.717, 1.165) is 18.3 Å². The van der Waals surface area contributed by atoms with Crippen molar-refractivity contribution in [3.63, 3.8) is 0 Å². The lowest BCUT2D eigenvalue weighted by Gasteiger charge is -2.27. The van der Waals surface area contributed by atoms with E-state index in [-0.39, 0.29) is 6.04 Å². The Labute approximate surface area is 113 Å². The van der Waals surface area contributed by atoms with E-state index in [1.807, 2.05) is 0 Å².